The number of rotatable bonds is 1. The highest BCUT2D eigenvalue weighted by atomic mass is 16.7. The fourth-order valence-corrected chi connectivity index (χ4v) is 1.10. The molecule has 2 nitrogen and oxygen atoms in total. The van der Waals surface area contributed by atoms with Crippen LogP contribution in [0.2, 0.25) is 0 Å². The summed E-state index contributed by atoms with van der Waals surface area (Å²) in [6, 6.07) is 0. The average Bonchev–Trinajstić information content (AvgIpc) is 1.57. The van der Waals surface area contributed by atoms with E-state index in [1.54, 1.807) is 0 Å². The van der Waals surface area contributed by atoms with Crippen molar-refractivity contribution in [2.24, 2.45) is 5.92 Å². The van der Waals surface area contributed by atoms with Crippen LogP contribution in [0.5, 0.6) is 0 Å². The van der Waals surface area contributed by atoms with Crippen LogP contribution in [0.4, 0.5) is 0 Å². The zero-order chi connectivity index (χ0) is 7.78. The van der Waals surface area contributed by atoms with E-state index in [2.05, 4.69) is 27.7 Å². The molecule has 0 atom stereocenters. The highest BCUT2D eigenvalue weighted by molar-refractivity contribution is 4.71. The van der Waals surface area contributed by atoms with Gasteiger partial charge in [-0.3, -0.25) is 4.84 Å². The summed E-state index contributed by atoms with van der Waals surface area (Å²) in [4.78, 5) is 5.58. The molecule has 1 heterocycles. The third-order valence-corrected chi connectivity index (χ3v) is 1.43. The first-order valence-electron chi connectivity index (χ1n) is 3.91. The molecular weight excluding hydrogens is 126 g/mol. The Bertz CT molecular complexity index is 111. The maximum atomic E-state index is 5.58. The van der Waals surface area contributed by atoms with Crippen molar-refractivity contribution >= 4 is 0 Å². The van der Waals surface area contributed by atoms with Crippen LogP contribution in [0.15, 0.2) is 0 Å². The van der Waals surface area contributed by atoms with E-state index >= 15 is 0 Å². The van der Waals surface area contributed by atoms with Crippen LogP contribution in [-0.2, 0) is 4.84 Å². The summed E-state index contributed by atoms with van der Waals surface area (Å²) < 4.78 is 0. The van der Waals surface area contributed by atoms with Gasteiger partial charge in [-0.15, -0.1) is 0 Å². The van der Waals surface area contributed by atoms with Crippen LogP contribution in [-0.4, -0.2) is 23.8 Å². The molecule has 0 bridgehead atoms. The Labute approximate surface area is 63.1 Å². The van der Waals surface area contributed by atoms with Crippen LogP contribution >= 0.6 is 0 Å². The lowest BCUT2D eigenvalue weighted by Gasteiger charge is -2.40. The SMILES string of the molecule is CC1CN(OC(C)(C)C)C1. The van der Waals surface area contributed by atoms with Gasteiger partial charge in [0.15, 0.2) is 0 Å². The van der Waals surface area contributed by atoms with E-state index in [1.165, 1.54) is 0 Å². The van der Waals surface area contributed by atoms with Gasteiger partial charge in [-0.25, -0.2) is 0 Å². The minimum absolute atomic E-state index is 0.0137. The normalized spacial score (nSPS) is 22.8. The molecule has 1 rings (SSSR count). The standard InChI is InChI=1S/C8H17NO/c1-7-5-9(6-7)10-8(2,3)4/h7H,5-6H2,1-4H3. The van der Waals surface area contributed by atoms with Crippen molar-refractivity contribution in [3.05, 3.63) is 0 Å². The number of hydrogen-bond donors (Lipinski definition) is 0. The first-order valence-corrected chi connectivity index (χ1v) is 3.91. The molecule has 0 spiro atoms. The van der Waals surface area contributed by atoms with Crippen LogP contribution < -0.4 is 0 Å². The van der Waals surface area contributed by atoms with Gasteiger partial charge in [0.1, 0.15) is 0 Å². The lowest BCUT2D eigenvalue weighted by molar-refractivity contribution is -0.272. The van der Waals surface area contributed by atoms with Crippen molar-refractivity contribution in [2.75, 3.05) is 13.1 Å². The Balaban J connectivity index is 2.16. The van der Waals surface area contributed by atoms with Crippen molar-refractivity contribution in [3.63, 3.8) is 0 Å². The first kappa shape index (κ1) is 8.02. The molecule has 10 heavy (non-hydrogen) atoms. The fourth-order valence-electron chi connectivity index (χ4n) is 1.10. The van der Waals surface area contributed by atoms with Gasteiger partial charge in [-0.1, -0.05) is 6.92 Å². The molecule has 0 aromatic rings. The van der Waals surface area contributed by atoms with Crippen molar-refractivity contribution in [1.29, 1.82) is 0 Å². The zero-order valence-electron chi connectivity index (χ0n) is 7.35. The smallest absolute Gasteiger partial charge is 0.0815 e. The predicted molar refractivity (Wildman–Crippen MR) is 41.6 cm³/mol. The highest BCUT2D eigenvalue weighted by Gasteiger charge is 2.27. The second kappa shape index (κ2) is 2.51. The van der Waals surface area contributed by atoms with Crippen LogP contribution in [0, 0.1) is 5.92 Å². The third-order valence-electron chi connectivity index (χ3n) is 1.43. The lowest BCUT2D eigenvalue weighted by atomic mass is 10.1. The second-order valence-electron chi connectivity index (χ2n) is 4.16. The fraction of sp³-hybridized carbons (Fsp3) is 1.00. The van der Waals surface area contributed by atoms with E-state index in [9.17, 15) is 0 Å². The van der Waals surface area contributed by atoms with Crippen LogP contribution in [0.3, 0.4) is 0 Å². The van der Waals surface area contributed by atoms with E-state index in [0.29, 0.717) is 0 Å². The molecule has 0 unspecified atom stereocenters. The van der Waals surface area contributed by atoms with Crippen LogP contribution in [0.1, 0.15) is 27.7 Å². The molecule has 0 saturated carbocycles. The lowest BCUT2D eigenvalue weighted by Crippen LogP contribution is -2.48. The summed E-state index contributed by atoms with van der Waals surface area (Å²) in [7, 11) is 0. The molecule has 0 aliphatic carbocycles. The molecule has 1 aliphatic heterocycles. The van der Waals surface area contributed by atoms with E-state index in [4.69, 9.17) is 4.84 Å². The zero-order valence-corrected chi connectivity index (χ0v) is 7.35. The Morgan fingerprint density at radius 2 is 1.80 bits per heavy atom. The Morgan fingerprint density at radius 3 is 2.10 bits per heavy atom. The molecule has 0 radical (unpaired) electrons. The van der Waals surface area contributed by atoms with E-state index in [-0.39, 0.29) is 5.60 Å². The van der Waals surface area contributed by atoms with Gasteiger partial charge < -0.3 is 0 Å². The van der Waals surface area contributed by atoms with Gasteiger partial charge in [0.2, 0.25) is 0 Å². The molecule has 0 aromatic carbocycles. The molecule has 2 heteroatoms. The Hall–Kier alpha value is -0.0800. The maximum Gasteiger partial charge on any atom is 0.0815 e. The van der Waals surface area contributed by atoms with E-state index < -0.39 is 0 Å². The molecule has 1 fully saturated rings. The summed E-state index contributed by atoms with van der Waals surface area (Å²) in [5.74, 6) is 0.822. The Morgan fingerprint density at radius 1 is 1.30 bits per heavy atom. The van der Waals surface area contributed by atoms with Crippen molar-refractivity contribution in [3.8, 4) is 0 Å². The molecule has 0 aromatic heterocycles. The minimum Gasteiger partial charge on any atom is -0.293 e. The summed E-state index contributed by atoms with van der Waals surface area (Å²) in [5.41, 5.74) is -0.0137. The van der Waals surface area contributed by atoms with Gasteiger partial charge in [-0.05, 0) is 26.7 Å². The minimum atomic E-state index is -0.0137. The summed E-state index contributed by atoms with van der Waals surface area (Å²) in [5, 5.41) is 2.03. The van der Waals surface area contributed by atoms with Crippen LogP contribution in [0.25, 0.3) is 0 Å². The second-order valence-corrected chi connectivity index (χ2v) is 4.16. The van der Waals surface area contributed by atoms with Crippen molar-refractivity contribution in [1.82, 2.24) is 5.06 Å². The average molecular weight is 143 g/mol. The quantitative estimate of drug-likeness (QED) is 0.553. The Kier molecular flexibility index (Phi) is 2.02. The monoisotopic (exact) mass is 143 g/mol. The molecule has 1 aliphatic rings. The highest BCUT2D eigenvalue weighted by Crippen LogP contribution is 2.19. The first-order chi connectivity index (χ1) is 4.47. The van der Waals surface area contributed by atoms with Gasteiger partial charge >= 0.3 is 0 Å². The van der Waals surface area contributed by atoms with E-state index in [1.807, 2.05) is 5.06 Å². The largest absolute Gasteiger partial charge is 0.293 e. The van der Waals surface area contributed by atoms with Crippen molar-refractivity contribution in [2.45, 2.75) is 33.3 Å². The number of nitrogens with zero attached hydrogens (tertiary/aromatic N) is 1. The third kappa shape index (κ3) is 2.27. The topological polar surface area (TPSA) is 12.5 Å². The van der Waals surface area contributed by atoms with E-state index in [0.717, 1.165) is 19.0 Å². The van der Waals surface area contributed by atoms with Gasteiger partial charge in [0.25, 0.3) is 0 Å². The molecule has 1 saturated heterocycles. The summed E-state index contributed by atoms with van der Waals surface area (Å²) in [6.07, 6.45) is 0. The molecule has 60 valence electrons. The van der Waals surface area contributed by atoms with Gasteiger partial charge in [-0.2, -0.15) is 5.06 Å². The summed E-state index contributed by atoms with van der Waals surface area (Å²) in [6.45, 7) is 10.7. The van der Waals surface area contributed by atoms with Crippen molar-refractivity contribution < 1.29 is 4.84 Å². The van der Waals surface area contributed by atoms with Gasteiger partial charge in [0.05, 0.1) is 5.60 Å². The van der Waals surface area contributed by atoms with Gasteiger partial charge in [0, 0.05) is 13.1 Å². The predicted octanol–water partition coefficient (Wildman–Crippen LogP) is 1.67. The molecule has 0 N–H and O–H groups in total. The molecule has 0 amide bonds. The maximum absolute atomic E-state index is 5.58. The number of hydrogen-bond acceptors (Lipinski definition) is 2. The number of hydroxylamine groups is 2. The molecular formula is C8H17NO. The summed E-state index contributed by atoms with van der Waals surface area (Å²) >= 11 is 0.